The molecule has 0 aromatic heterocycles. The summed E-state index contributed by atoms with van der Waals surface area (Å²) in [7, 11) is 3.44. The van der Waals surface area contributed by atoms with Crippen molar-refractivity contribution in [3.8, 4) is 5.75 Å². The zero-order valence-electron chi connectivity index (χ0n) is 16.1. The monoisotopic (exact) mass is 380 g/mol. The van der Waals surface area contributed by atoms with Crippen molar-refractivity contribution in [2.45, 2.75) is 18.1 Å². The van der Waals surface area contributed by atoms with E-state index in [1.807, 2.05) is 47.2 Å². The first-order valence-electron chi connectivity index (χ1n) is 9.43. The Morgan fingerprint density at radius 2 is 1.86 bits per heavy atom. The van der Waals surface area contributed by atoms with E-state index >= 15 is 0 Å². The second kappa shape index (κ2) is 7.28. The molecule has 0 radical (unpaired) electrons. The predicted octanol–water partition coefficient (Wildman–Crippen LogP) is 2.29. The van der Waals surface area contributed by atoms with Crippen LogP contribution in [0.2, 0.25) is 0 Å². The number of benzene rings is 2. The van der Waals surface area contributed by atoms with Gasteiger partial charge in [0.2, 0.25) is 5.91 Å². The molecule has 0 N–H and O–H groups in total. The molecule has 0 spiro atoms. The molecule has 0 bridgehead atoms. The lowest BCUT2D eigenvalue weighted by atomic mass is 9.76. The quantitative estimate of drug-likeness (QED) is 0.820. The van der Waals surface area contributed by atoms with Gasteiger partial charge in [-0.05, 0) is 36.2 Å². The van der Waals surface area contributed by atoms with Gasteiger partial charge in [-0.2, -0.15) is 0 Å². The van der Waals surface area contributed by atoms with Crippen LogP contribution in [0.4, 0.5) is 0 Å². The van der Waals surface area contributed by atoms with E-state index in [4.69, 9.17) is 9.47 Å². The van der Waals surface area contributed by atoms with Crippen molar-refractivity contribution in [2.75, 3.05) is 33.9 Å². The van der Waals surface area contributed by atoms with E-state index < -0.39 is 5.54 Å². The molecular weight excluding hydrogens is 356 g/mol. The number of carbonyl (C=O) groups excluding carboxylic acids is 2. The Labute approximate surface area is 164 Å². The summed E-state index contributed by atoms with van der Waals surface area (Å²) in [4.78, 5) is 29.1. The lowest BCUT2D eigenvalue weighted by Crippen LogP contribution is -2.67. The normalized spacial score (nSPS) is 24.6. The van der Waals surface area contributed by atoms with Crippen LogP contribution in [0.3, 0.4) is 0 Å². The molecule has 0 unspecified atom stereocenters. The Morgan fingerprint density at radius 1 is 1.14 bits per heavy atom. The first-order valence-corrected chi connectivity index (χ1v) is 9.43. The van der Waals surface area contributed by atoms with Crippen molar-refractivity contribution in [1.29, 1.82) is 0 Å². The standard InChI is InChI=1S/C22H24N2O4/c1-23-20(25)15-28-19-14-24(21(26)16-8-10-18(27-2)11-9-16)13-12-22(19,23)17-6-4-3-5-7-17/h3-11,19H,12-15H2,1-2H3/t19-,22+/m1/s1. The molecule has 2 fully saturated rings. The van der Waals surface area contributed by atoms with Crippen LogP contribution in [0.5, 0.6) is 5.75 Å². The third-order valence-corrected chi connectivity index (χ3v) is 5.96. The summed E-state index contributed by atoms with van der Waals surface area (Å²) in [6, 6.07) is 17.1. The number of ether oxygens (including phenoxy) is 2. The van der Waals surface area contributed by atoms with Gasteiger partial charge in [-0.15, -0.1) is 0 Å². The number of rotatable bonds is 3. The van der Waals surface area contributed by atoms with E-state index in [1.165, 1.54) is 0 Å². The van der Waals surface area contributed by atoms with E-state index in [-0.39, 0.29) is 24.5 Å². The van der Waals surface area contributed by atoms with Crippen LogP contribution in [0, 0.1) is 0 Å². The number of likely N-dealkylation sites (tertiary alicyclic amines) is 1. The average Bonchev–Trinajstić information content (AvgIpc) is 2.76. The highest BCUT2D eigenvalue weighted by Gasteiger charge is 2.53. The molecular formula is C22H24N2O4. The van der Waals surface area contributed by atoms with Gasteiger partial charge in [-0.3, -0.25) is 9.59 Å². The summed E-state index contributed by atoms with van der Waals surface area (Å²) in [5, 5.41) is 0. The molecule has 0 saturated carbocycles. The van der Waals surface area contributed by atoms with Gasteiger partial charge >= 0.3 is 0 Å². The molecule has 28 heavy (non-hydrogen) atoms. The fourth-order valence-corrected chi connectivity index (χ4v) is 4.33. The van der Waals surface area contributed by atoms with Crippen LogP contribution >= 0.6 is 0 Å². The second-order valence-corrected chi connectivity index (χ2v) is 7.27. The van der Waals surface area contributed by atoms with Crippen LogP contribution in [0.1, 0.15) is 22.3 Å². The van der Waals surface area contributed by atoms with Gasteiger partial charge < -0.3 is 19.3 Å². The number of fused-ring (bicyclic) bond motifs is 1. The number of piperidine rings is 1. The molecule has 2 atom stereocenters. The smallest absolute Gasteiger partial charge is 0.253 e. The Balaban J connectivity index is 1.61. The van der Waals surface area contributed by atoms with Crippen molar-refractivity contribution < 1.29 is 19.1 Å². The summed E-state index contributed by atoms with van der Waals surface area (Å²) in [6.45, 7) is 1.04. The van der Waals surface area contributed by atoms with Crippen molar-refractivity contribution >= 4 is 11.8 Å². The molecule has 4 rings (SSSR count). The number of nitrogens with zero attached hydrogens (tertiary/aromatic N) is 2. The Kier molecular flexibility index (Phi) is 4.81. The Morgan fingerprint density at radius 3 is 2.54 bits per heavy atom. The van der Waals surface area contributed by atoms with Gasteiger partial charge in [0.15, 0.2) is 0 Å². The van der Waals surface area contributed by atoms with E-state index in [2.05, 4.69) is 0 Å². The Hall–Kier alpha value is -2.86. The maximum absolute atomic E-state index is 13.0. The fraction of sp³-hybridized carbons (Fsp3) is 0.364. The lowest BCUT2D eigenvalue weighted by molar-refractivity contribution is -0.180. The maximum Gasteiger partial charge on any atom is 0.253 e. The summed E-state index contributed by atoms with van der Waals surface area (Å²) in [6.07, 6.45) is 0.361. The third kappa shape index (κ3) is 2.94. The molecule has 6 nitrogen and oxygen atoms in total. The molecule has 146 valence electrons. The molecule has 2 saturated heterocycles. The zero-order chi connectivity index (χ0) is 19.7. The molecule has 2 aromatic rings. The van der Waals surface area contributed by atoms with E-state index in [0.29, 0.717) is 30.8 Å². The highest BCUT2D eigenvalue weighted by molar-refractivity contribution is 5.94. The number of likely N-dealkylation sites (N-methyl/N-ethyl adjacent to an activating group) is 1. The lowest BCUT2D eigenvalue weighted by Gasteiger charge is -2.54. The Bertz CT molecular complexity index is 868. The fourth-order valence-electron chi connectivity index (χ4n) is 4.33. The van der Waals surface area contributed by atoms with Crippen LogP contribution in [-0.2, 0) is 15.1 Å². The summed E-state index contributed by atoms with van der Waals surface area (Å²) < 4.78 is 11.1. The third-order valence-electron chi connectivity index (χ3n) is 5.96. The van der Waals surface area contributed by atoms with Crippen LogP contribution < -0.4 is 4.74 Å². The van der Waals surface area contributed by atoms with Crippen molar-refractivity contribution in [2.24, 2.45) is 0 Å². The minimum Gasteiger partial charge on any atom is -0.497 e. The number of methoxy groups -OCH3 is 1. The second-order valence-electron chi connectivity index (χ2n) is 7.27. The number of carbonyl (C=O) groups is 2. The molecule has 2 aromatic carbocycles. The van der Waals surface area contributed by atoms with Gasteiger partial charge in [0.05, 0.1) is 12.6 Å². The molecule has 2 heterocycles. The molecule has 2 amide bonds. The van der Waals surface area contributed by atoms with Crippen molar-refractivity contribution in [3.05, 3.63) is 65.7 Å². The predicted molar refractivity (Wildman–Crippen MR) is 104 cm³/mol. The van der Waals surface area contributed by atoms with Gasteiger partial charge in [0, 0.05) is 25.7 Å². The number of morpholine rings is 1. The van der Waals surface area contributed by atoms with Gasteiger partial charge in [0.25, 0.3) is 5.91 Å². The number of hydrogen-bond donors (Lipinski definition) is 0. The van der Waals surface area contributed by atoms with Crippen LogP contribution in [0.15, 0.2) is 54.6 Å². The molecule has 2 aliphatic heterocycles. The summed E-state index contributed by atoms with van der Waals surface area (Å²) in [5.74, 6) is 0.650. The van der Waals surface area contributed by atoms with Gasteiger partial charge in [-0.1, -0.05) is 30.3 Å². The molecule has 2 aliphatic rings. The number of hydrogen-bond acceptors (Lipinski definition) is 4. The van der Waals surface area contributed by atoms with Gasteiger partial charge in [0.1, 0.15) is 18.5 Å². The average molecular weight is 380 g/mol. The first-order chi connectivity index (χ1) is 13.6. The largest absolute Gasteiger partial charge is 0.497 e. The number of amides is 2. The molecule has 0 aliphatic carbocycles. The highest BCUT2D eigenvalue weighted by Crippen LogP contribution is 2.42. The minimum atomic E-state index is -0.548. The minimum absolute atomic E-state index is 0.0324. The van der Waals surface area contributed by atoms with Crippen LogP contribution in [-0.4, -0.2) is 61.6 Å². The highest BCUT2D eigenvalue weighted by atomic mass is 16.5. The van der Waals surface area contributed by atoms with E-state index in [1.54, 1.807) is 31.4 Å². The molecule has 6 heteroatoms. The summed E-state index contributed by atoms with van der Waals surface area (Å²) in [5.41, 5.74) is 1.12. The SMILES string of the molecule is COc1ccc(C(=O)N2CC[C@]3(c4ccccc4)[C@@H](C2)OCC(=O)N3C)cc1. The summed E-state index contributed by atoms with van der Waals surface area (Å²) >= 11 is 0. The van der Waals surface area contributed by atoms with E-state index in [9.17, 15) is 9.59 Å². The van der Waals surface area contributed by atoms with Crippen LogP contribution in [0.25, 0.3) is 0 Å². The van der Waals surface area contributed by atoms with Gasteiger partial charge in [-0.25, -0.2) is 0 Å². The topological polar surface area (TPSA) is 59.1 Å². The maximum atomic E-state index is 13.0. The van der Waals surface area contributed by atoms with Crippen molar-refractivity contribution in [1.82, 2.24) is 9.80 Å². The first kappa shape index (κ1) is 18.5. The zero-order valence-corrected chi connectivity index (χ0v) is 16.1. The van der Waals surface area contributed by atoms with E-state index in [0.717, 1.165) is 5.56 Å². The van der Waals surface area contributed by atoms with Crippen molar-refractivity contribution in [3.63, 3.8) is 0 Å².